The summed E-state index contributed by atoms with van der Waals surface area (Å²) in [7, 11) is 0. The lowest BCUT2D eigenvalue weighted by atomic mass is 10.1. The van der Waals surface area contributed by atoms with Gasteiger partial charge in [0.05, 0.1) is 33.1 Å². The van der Waals surface area contributed by atoms with Crippen LogP contribution in [0.5, 0.6) is 0 Å². The van der Waals surface area contributed by atoms with Crippen LogP contribution >= 0.6 is 24.0 Å². The number of hydrogen-bond acceptors (Lipinski definition) is 7. The van der Waals surface area contributed by atoms with Crippen molar-refractivity contribution < 1.29 is 9.72 Å². The van der Waals surface area contributed by atoms with Gasteiger partial charge >= 0.3 is 0 Å². The highest BCUT2D eigenvalue weighted by Crippen LogP contribution is 2.37. The molecule has 0 spiro atoms. The van der Waals surface area contributed by atoms with Crippen LogP contribution in [0.3, 0.4) is 0 Å². The molecule has 2 aromatic carbocycles. The molecule has 10 heteroatoms. The molecule has 1 aliphatic rings. The van der Waals surface area contributed by atoms with E-state index in [1.54, 1.807) is 47.4 Å². The molecule has 1 saturated heterocycles. The van der Waals surface area contributed by atoms with Gasteiger partial charge in [0.2, 0.25) is 0 Å². The maximum atomic E-state index is 13.2. The van der Waals surface area contributed by atoms with Crippen molar-refractivity contribution in [3.05, 3.63) is 106 Å². The van der Waals surface area contributed by atoms with Crippen molar-refractivity contribution in [3.63, 3.8) is 0 Å². The molecule has 1 amide bonds. The molecule has 3 heterocycles. The first kappa shape index (κ1) is 21.7. The van der Waals surface area contributed by atoms with Crippen LogP contribution in [0.1, 0.15) is 5.56 Å². The Labute approximate surface area is 203 Å². The van der Waals surface area contributed by atoms with E-state index in [1.807, 2.05) is 36.5 Å². The molecular weight excluding hydrogens is 470 g/mol. The van der Waals surface area contributed by atoms with Crippen molar-refractivity contribution in [2.75, 3.05) is 4.90 Å². The Hall–Kier alpha value is -4.15. The number of nitrogens with zero attached hydrogens (tertiary/aromatic N) is 5. The minimum absolute atomic E-state index is 0.00914. The van der Waals surface area contributed by atoms with Crippen LogP contribution in [0.25, 0.3) is 23.0 Å². The summed E-state index contributed by atoms with van der Waals surface area (Å²) >= 11 is 6.66. The number of non-ortho nitro benzene ring substituents is 1. The number of carbonyl (C=O) groups excluding carboxylic acids is 1. The summed E-state index contributed by atoms with van der Waals surface area (Å²) in [6.45, 7) is 0. The van der Waals surface area contributed by atoms with Crippen LogP contribution in [0.15, 0.2) is 90.2 Å². The number of anilines is 1. The van der Waals surface area contributed by atoms with E-state index < -0.39 is 4.92 Å². The Morgan fingerprint density at radius 2 is 1.74 bits per heavy atom. The van der Waals surface area contributed by atoms with Crippen molar-refractivity contribution in [2.45, 2.75) is 0 Å². The highest BCUT2D eigenvalue weighted by Gasteiger charge is 2.33. The zero-order chi connectivity index (χ0) is 23.7. The Kier molecular flexibility index (Phi) is 5.74. The minimum atomic E-state index is -0.447. The van der Waals surface area contributed by atoms with Gasteiger partial charge in [-0.1, -0.05) is 42.2 Å². The molecule has 0 unspecified atom stereocenters. The van der Waals surface area contributed by atoms with Crippen LogP contribution in [-0.4, -0.2) is 29.9 Å². The Morgan fingerprint density at radius 3 is 2.41 bits per heavy atom. The van der Waals surface area contributed by atoms with Crippen molar-refractivity contribution >= 4 is 51.7 Å². The van der Waals surface area contributed by atoms with Crippen molar-refractivity contribution in [2.24, 2.45) is 0 Å². The molecule has 166 valence electrons. The zero-order valence-corrected chi connectivity index (χ0v) is 19.1. The summed E-state index contributed by atoms with van der Waals surface area (Å²) in [5.74, 6) is -0.245. The average Bonchev–Trinajstić information content (AvgIpc) is 3.40. The van der Waals surface area contributed by atoms with E-state index in [4.69, 9.17) is 17.3 Å². The summed E-state index contributed by atoms with van der Waals surface area (Å²) in [5, 5.41) is 15.8. The fourth-order valence-corrected chi connectivity index (χ4v) is 4.78. The van der Waals surface area contributed by atoms with Crippen LogP contribution < -0.4 is 4.90 Å². The first-order chi connectivity index (χ1) is 16.5. The normalized spacial score (nSPS) is 14.7. The molecule has 5 rings (SSSR count). The lowest BCUT2D eigenvalue weighted by Gasteiger charge is -2.13. The van der Waals surface area contributed by atoms with Crippen LogP contribution in [0.2, 0.25) is 0 Å². The number of nitro groups is 1. The number of amides is 1. The number of carbonyl (C=O) groups is 1. The van der Waals surface area contributed by atoms with Gasteiger partial charge in [0.1, 0.15) is 0 Å². The quantitative estimate of drug-likeness (QED) is 0.165. The number of pyridine rings is 1. The topological polar surface area (TPSA) is 94.2 Å². The van der Waals surface area contributed by atoms with E-state index in [-0.39, 0.29) is 11.6 Å². The number of benzene rings is 2. The van der Waals surface area contributed by atoms with Gasteiger partial charge in [-0.05, 0) is 42.5 Å². The Balaban J connectivity index is 1.58. The van der Waals surface area contributed by atoms with Crippen LogP contribution in [0.4, 0.5) is 11.4 Å². The van der Waals surface area contributed by atoms with Crippen molar-refractivity contribution in [3.8, 4) is 16.9 Å². The summed E-state index contributed by atoms with van der Waals surface area (Å²) < 4.78 is 2.13. The highest BCUT2D eigenvalue weighted by atomic mass is 32.2. The predicted molar refractivity (Wildman–Crippen MR) is 136 cm³/mol. The molecule has 2 aromatic heterocycles. The summed E-state index contributed by atoms with van der Waals surface area (Å²) in [5.41, 5.74) is 3.39. The third-order valence-corrected chi connectivity index (χ3v) is 6.40. The molecule has 0 aliphatic carbocycles. The maximum Gasteiger partial charge on any atom is 0.270 e. The van der Waals surface area contributed by atoms with E-state index in [1.165, 1.54) is 28.8 Å². The van der Waals surface area contributed by atoms with E-state index in [0.29, 0.717) is 31.7 Å². The standard InChI is InChI=1S/C24H15N5O3S2/c30-23-21(34-24(33)28(23)20-7-4-12-25-14-20)13-17-15-27(18-5-2-1-3-6-18)26-22(17)16-8-10-19(11-9-16)29(31)32/h1-15H/b21-13-. The van der Waals surface area contributed by atoms with E-state index in [0.717, 1.165) is 5.69 Å². The molecule has 0 radical (unpaired) electrons. The molecule has 0 saturated carbocycles. The second kappa shape index (κ2) is 9.00. The van der Waals surface area contributed by atoms with Gasteiger partial charge in [-0.15, -0.1) is 0 Å². The fourth-order valence-electron chi connectivity index (χ4n) is 3.49. The molecular formula is C24H15N5O3S2. The molecule has 4 aromatic rings. The minimum Gasteiger partial charge on any atom is -0.268 e. The largest absolute Gasteiger partial charge is 0.270 e. The lowest BCUT2D eigenvalue weighted by molar-refractivity contribution is -0.384. The molecule has 0 N–H and O–H groups in total. The smallest absolute Gasteiger partial charge is 0.268 e. The van der Waals surface area contributed by atoms with Gasteiger partial charge in [0.15, 0.2) is 4.32 Å². The van der Waals surface area contributed by atoms with E-state index >= 15 is 0 Å². The first-order valence-corrected chi connectivity index (χ1v) is 11.3. The predicted octanol–water partition coefficient (Wildman–Crippen LogP) is 5.25. The van der Waals surface area contributed by atoms with Crippen LogP contribution in [0, 0.1) is 10.1 Å². The van der Waals surface area contributed by atoms with Crippen molar-refractivity contribution in [1.29, 1.82) is 0 Å². The summed E-state index contributed by atoms with van der Waals surface area (Å²) in [4.78, 5) is 29.8. The Morgan fingerprint density at radius 1 is 1.00 bits per heavy atom. The third-order valence-electron chi connectivity index (χ3n) is 5.10. The third kappa shape index (κ3) is 4.12. The first-order valence-electron chi connectivity index (χ1n) is 10.1. The molecule has 0 atom stereocenters. The van der Waals surface area contributed by atoms with E-state index in [2.05, 4.69) is 4.98 Å². The van der Waals surface area contributed by atoms with Crippen LogP contribution in [-0.2, 0) is 4.79 Å². The zero-order valence-electron chi connectivity index (χ0n) is 17.4. The highest BCUT2D eigenvalue weighted by molar-refractivity contribution is 8.27. The molecule has 0 bridgehead atoms. The second-order valence-corrected chi connectivity index (χ2v) is 8.92. The van der Waals surface area contributed by atoms with Gasteiger partial charge in [-0.25, -0.2) is 4.68 Å². The number of thiocarbonyl (C=S) groups is 1. The number of aromatic nitrogens is 3. The SMILES string of the molecule is O=C1/C(=C/c2cn(-c3ccccc3)nc2-c2ccc([N+](=O)[O-])cc2)SC(=S)N1c1cccnc1. The van der Waals surface area contributed by atoms with Gasteiger partial charge in [0, 0.05) is 35.7 Å². The summed E-state index contributed by atoms with van der Waals surface area (Å²) in [6, 6.07) is 19.2. The van der Waals surface area contributed by atoms with Gasteiger partial charge in [-0.2, -0.15) is 5.10 Å². The Bertz CT molecular complexity index is 1430. The molecule has 1 fully saturated rings. The monoisotopic (exact) mass is 485 g/mol. The van der Waals surface area contributed by atoms with E-state index in [9.17, 15) is 14.9 Å². The maximum absolute atomic E-state index is 13.2. The molecule has 8 nitrogen and oxygen atoms in total. The van der Waals surface area contributed by atoms with Gasteiger partial charge < -0.3 is 0 Å². The number of para-hydroxylation sites is 1. The van der Waals surface area contributed by atoms with Gasteiger partial charge in [0.25, 0.3) is 11.6 Å². The number of nitro benzene ring substituents is 1. The number of thioether (sulfide) groups is 1. The van der Waals surface area contributed by atoms with Crippen molar-refractivity contribution in [1.82, 2.24) is 14.8 Å². The number of hydrogen-bond donors (Lipinski definition) is 0. The lowest BCUT2D eigenvalue weighted by Crippen LogP contribution is -2.27. The summed E-state index contributed by atoms with van der Waals surface area (Å²) in [6.07, 6.45) is 6.79. The second-order valence-electron chi connectivity index (χ2n) is 7.25. The van der Waals surface area contributed by atoms with Gasteiger partial charge in [-0.3, -0.25) is 24.8 Å². The number of rotatable bonds is 5. The molecule has 34 heavy (non-hydrogen) atoms. The fraction of sp³-hybridized carbons (Fsp3) is 0. The average molecular weight is 486 g/mol. The molecule has 1 aliphatic heterocycles.